The van der Waals surface area contributed by atoms with Crippen molar-refractivity contribution in [3.8, 4) is 0 Å². The molecular weight excluding hydrogens is 264 g/mol. The van der Waals surface area contributed by atoms with E-state index in [4.69, 9.17) is 0 Å². The fraction of sp³-hybridized carbons (Fsp3) is 0.143. The highest BCUT2D eigenvalue weighted by Crippen LogP contribution is 2.26. The number of fused-ring (bicyclic) bond motifs is 1. The molecule has 98 valence electrons. The van der Waals surface area contributed by atoms with Crippen molar-refractivity contribution in [3.05, 3.63) is 42.5 Å². The Kier molecular flexibility index (Phi) is 3.76. The molecule has 0 saturated heterocycles. The van der Waals surface area contributed by atoms with Gasteiger partial charge in [-0.25, -0.2) is 8.42 Å². The summed E-state index contributed by atoms with van der Waals surface area (Å²) in [7, 11) is -3.84. The van der Waals surface area contributed by atoms with E-state index in [1.54, 1.807) is 36.4 Å². The van der Waals surface area contributed by atoms with Gasteiger partial charge in [-0.05, 0) is 11.5 Å². The second-order valence-corrected chi connectivity index (χ2v) is 6.23. The van der Waals surface area contributed by atoms with Gasteiger partial charge in [0, 0.05) is 11.8 Å². The first kappa shape index (κ1) is 13.4. The third-order valence-electron chi connectivity index (χ3n) is 2.94. The molecule has 0 aromatic heterocycles. The van der Waals surface area contributed by atoms with Crippen molar-refractivity contribution in [1.29, 1.82) is 0 Å². The van der Waals surface area contributed by atoms with Crippen LogP contribution in [0.5, 0.6) is 0 Å². The summed E-state index contributed by atoms with van der Waals surface area (Å²) in [6.45, 7) is 0. The monoisotopic (exact) mass is 276 g/mol. The molecule has 0 aliphatic heterocycles. The van der Waals surface area contributed by atoms with Crippen LogP contribution < -0.4 is 0 Å². The molecule has 1 unspecified atom stereocenters. The Labute approximate surface area is 111 Å². The topological polar surface area (TPSA) is 68.3 Å². The summed E-state index contributed by atoms with van der Waals surface area (Å²) in [5.74, 6) is 0. The highest BCUT2D eigenvalue weighted by atomic mass is 32.2. The van der Waals surface area contributed by atoms with E-state index in [1.807, 2.05) is 0 Å². The normalized spacial score (nSPS) is 13.1. The highest BCUT2D eigenvalue weighted by molar-refractivity contribution is 7.93. The Bertz CT molecular complexity index is 714. The average molecular weight is 276 g/mol. The average Bonchev–Trinajstić information content (AvgIpc) is 2.43. The molecule has 0 aliphatic rings. The second-order valence-electron chi connectivity index (χ2n) is 4.10. The maximum atomic E-state index is 12.4. The lowest BCUT2D eigenvalue weighted by atomic mass is 10.1. The molecule has 0 fully saturated rings. The van der Waals surface area contributed by atoms with E-state index in [2.05, 4.69) is 0 Å². The molecule has 0 aliphatic carbocycles. The first-order valence-electron chi connectivity index (χ1n) is 5.72. The summed E-state index contributed by atoms with van der Waals surface area (Å²) in [6, 6.07) is 11.9. The van der Waals surface area contributed by atoms with Gasteiger partial charge in [0.15, 0.2) is 9.84 Å². The summed E-state index contributed by atoms with van der Waals surface area (Å²) in [5, 5.41) is 0.0119. The lowest BCUT2D eigenvalue weighted by Gasteiger charge is -2.11. The van der Waals surface area contributed by atoms with E-state index in [1.165, 1.54) is 6.07 Å². The highest BCUT2D eigenvalue weighted by Gasteiger charge is 2.28. The maximum absolute atomic E-state index is 12.4. The predicted octanol–water partition coefficient (Wildman–Crippen LogP) is 1.77. The van der Waals surface area contributed by atoms with Gasteiger partial charge >= 0.3 is 0 Å². The van der Waals surface area contributed by atoms with Gasteiger partial charge in [0.2, 0.25) is 0 Å². The van der Waals surface area contributed by atoms with Gasteiger partial charge in [0.05, 0.1) is 4.90 Å². The van der Waals surface area contributed by atoms with E-state index >= 15 is 0 Å². The largest absolute Gasteiger partial charge is 0.303 e. The van der Waals surface area contributed by atoms with Crippen molar-refractivity contribution in [3.63, 3.8) is 0 Å². The Morgan fingerprint density at radius 3 is 2.37 bits per heavy atom. The van der Waals surface area contributed by atoms with Crippen LogP contribution in [0.1, 0.15) is 6.42 Å². The molecule has 19 heavy (non-hydrogen) atoms. The molecule has 2 aromatic carbocycles. The van der Waals surface area contributed by atoms with Crippen molar-refractivity contribution in [2.75, 3.05) is 0 Å². The van der Waals surface area contributed by atoms with Crippen LogP contribution in [0.15, 0.2) is 47.4 Å². The zero-order valence-corrected chi connectivity index (χ0v) is 10.8. The molecule has 0 saturated carbocycles. The molecule has 2 aromatic rings. The minimum absolute atomic E-state index is 0.0875. The number of carbonyl (C=O) groups is 2. The molecule has 0 spiro atoms. The minimum Gasteiger partial charge on any atom is -0.303 e. The molecule has 0 heterocycles. The zero-order chi connectivity index (χ0) is 13.9. The number of rotatable bonds is 5. The fourth-order valence-electron chi connectivity index (χ4n) is 1.96. The van der Waals surface area contributed by atoms with E-state index in [0.717, 1.165) is 5.39 Å². The van der Waals surface area contributed by atoms with Gasteiger partial charge in [0.25, 0.3) is 0 Å². The van der Waals surface area contributed by atoms with Crippen molar-refractivity contribution >= 4 is 33.2 Å². The van der Waals surface area contributed by atoms with Crippen molar-refractivity contribution < 1.29 is 18.0 Å². The van der Waals surface area contributed by atoms with Crippen LogP contribution in [0.25, 0.3) is 10.8 Å². The molecule has 5 heteroatoms. The van der Waals surface area contributed by atoms with Crippen molar-refractivity contribution in [2.24, 2.45) is 0 Å². The lowest BCUT2D eigenvalue weighted by Crippen LogP contribution is -2.23. The fourth-order valence-corrected chi connectivity index (χ4v) is 3.52. The predicted molar refractivity (Wildman–Crippen MR) is 71.7 cm³/mol. The number of aldehydes is 2. The van der Waals surface area contributed by atoms with Crippen molar-refractivity contribution in [1.82, 2.24) is 0 Å². The molecule has 0 amide bonds. The standard InChI is InChI=1S/C14H12O4S/c15-9-8-12(10-16)19(17,18)14-7-3-5-11-4-1-2-6-13(11)14/h1-7,9-10,12H,8H2. The summed E-state index contributed by atoms with van der Waals surface area (Å²) >= 11 is 0. The van der Waals surface area contributed by atoms with Gasteiger partial charge in [-0.2, -0.15) is 0 Å². The molecule has 0 radical (unpaired) electrons. The second kappa shape index (κ2) is 5.32. The van der Waals surface area contributed by atoms with Crippen LogP contribution in [0, 0.1) is 0 Å². The van der Waals surface area contributed by atoms with Gasteiger partial charge in [-0.1, -0.05) is 36.4 Å². The number of sulfone groups is 1. The third-order valence-corrected chi connectivity index (χ3v) is 5.00. The zero-order valence-electron chi connectivity index (χ0n) is 10.0. The number of hydrogen-bond donors (Lipinski definition) is 0. The van der Waals surface area contributed by atoms with Crippen LogP contribution >= 0.6 is 0 Å². The van der Waals surface area contributed by atoms with E-state index in [9.17, 15) is 18.0 Å². The smallest absolute Gasteiger partial charge is 0.189 e. The Hall–Kier alpha value is -2.01. The number of carbonyl (C=O) groups excluding carboxylic acids is 2. The molecule has 0 N–H and O–H groups in total. The van der Waals surface area contributed by atoms with Crippen LogP contribution in [0.2, 0.25) is 0 Å². The van der Waals surface area contributed by atoms with Crippen LogP contribution in [-0.4, -0.2) is 26.2 Å². The maximum Gasteiger partial charge on any atom is 0.189 e. The Morgan fingerprint density at radius 1 is 1.00 bits per heavy atom. The van der Waals surface area contributed by atoms with Crippen LogP contribution in [-0.2, 0) is 19.4 Å². The quantitative estimate of drug-likeness (QED) is 0.780. The van der Waals surface area contributed by atoms with Crippen molar-refractivity contribution in [2.45, 2.75) is 16.6 Å². The Balaban J connectivity index is 2.66. The first-order valence-corrected chi connectivity index (χ1v) is 7.26. The number of benzene rings is 2. The molecule has 4 nitrogen and oxygen atoms in total. The number of hydrogen-bond acceptors (Lipinski definition) is 4. The first-order chi connectivity index (χ1) is 9.11. The van der Waals surface area contributed by atoms with Gasteiger partial charge in [-0.15, -0.1) is 0 Å². The van der Waals surface area contributed by atoms with Crippen LogP contribution in [0.4, 0.5) is 0 Å². The minimum atomic E-state index is -3.84. The Morgan fingerprint density at radius 2 is 1.68 bits per heavy atom. The summed E-state index contributed by atoms with van der Waals surface area (Å²) in [4.78, 5) is 21.5. The summed E-state index contributed by atoms with van der Waals surface area (Å²) in [6.07, 6.45) is 0.433. The van der Waals surface area contributed by atoms with E-state index in [0.29, 0.717) is 18.0 Å². The molecular formula is C14H12O4S. The van der Waals surface area contributed by atoms with E-state index in [-0.39, 0.29) is 11.3 Å². The lowest BCUT2D eigenvalue weighted by molar-refractivity contribution is -0.112. The molecule has 1 atom stereocenters. The van der Waals surface area contributed by atoms with Gasteiger partial charge in [-0.3, -0.25) is 0 Å². The van der Waals surface area contributed by atoms with Gasteiger partial charge in [0.1, 0.15) is 17.8 Å². The van der Waals surface area contributed by atoms with Gasteiger partial charge < -0.3 is 9.59 Å². The third kappa shape index (κ3) is 2.42. The SMILES string of the molecule is O=CCC(C=O)S(=O)(=O)c1cccc2ccccc12. The van der Waals surface area contributed by atoms with Crippen LogP contribution in [0.3, 0.4) is 0 Å². The summed E-state index contributed by atoms with van der Waals surface area (Å²) < 4.78 is 24.8. The molecule has 0 bridgehead atoms. The molecule has 2 rings (SSSR count). The summed E-state index contributed by atoms with van der Waals surface area (Å²) in [5.41, 5.74) is 0. The van der Waals surface area contributed by atoms with E-state index < -0.39 is 15.1 Å².